The van der Waals surface area contributed by atoms with Crippen molar-refractivity contribution in [1.82, 2.24) is 8.61 Å². The van der Waals surface area contributed by atoms with Crippen molar-refractivity contribution in [2.75, 3.05) is 20.1 Å². The van der Waals surface area contributed by atoms with Crippen LogP contribution in [-0.2, 0) is 23.3 Å². The SMILES string of the molecule is CN(Cc1c(F)cccc1Cl)S(=O)(=O)N(CCN)Cc1ccccc1. The Kier molecular flexibility index (Phi) is 6.92. The molecule has 0 radical (unpaired) electrons. The van der Waals surface area contributed by atoms with Crippen molar-refractivity contribution in [3.05, 3.63) is 70.5 Å². The predicted octanol–water partition coefficient (Wildman–Crippen LogP) is 2.62. The maximum atomic E-state index is 14.0. The molecule has 2 N–H and O–H groups in total. The van der Waals surface area contributed by atoms with Crippen molar-refractivity contribution < 1.29 is 12.8 Å². The van der Waals surface area contributed by atoms with Crippen LogP contribution in [0.3, 0.4) is 0 Å². The van der Waals surface area contributed by atoms with Crippen LogP contribution in [0.5, 0.6) is 0 Å². The first-order chi connectivity index (χ1) is 11.9. The van der Waals surface area contributed by atoms with Gasteiger partial charge in [0.2, 0.25) is 0 Å². The van der Waals surface area contributed by atoms with Crippen molar-refractivity contribution in [1.29, 1.82) is 0 Å². The van der Waals surface area contributed by atoms with Crippen LogP contribution >= 0.6 is 11.6 Å². The largest absolute Gasteiger partial charge is 0.329 e. The number of rotatable bonds is 8. The number of halogens is 2. The third-order valence-corrected chi connectivity index (χ3v) is 5.98. The minimum atomic E-state index is -3.83. The highest BCUT2D eigenvalue weighted by Crippen LogP contribution is 2.22. The van der Waals surface area contributed by atoms with Gasteiger partial charge in [-0.1, -0.05) is 48.0 Å². The number of nitrogens with two attached hydrogens (primary N) is 1. The number of nitrogens with zero attached hydrogens (tertiary/aromatic N) is 2. The molecular formula is C17H21ClFN3O2S. The molecular weight excluding hydrogens is 365 g/mol. The molecule has 0 spiro atoms. The molecule has 0 aliphatic heterocycles. The van der Waals surface area contributed by atoms with Crippen LogP contribution in [0, 0.1) is 5.82 Å². The summed E-state index contributed by atoms with van der Waals surface area (Å²) in [6.45, 7) is 0.367. The third-order valence-electron chi connectivity index (χ3n) is 3.74. The molecule has 0 aliphatic carbocycles. The lowest BCUT2D eigenvalue weighted by molar-refractivity contribution is 0.354. The molecule has 0 aromatic heterocycles. The highest BCUT2D eigenvalue weighted by Gasteiger charge is 2.27. The van der Waals surface area contributed by atoms with E-state index in [0.29, 0.717) is 0 Å². The van der Waals surface area contributed by atoms with Crippen molar-refractivity contribution in [3.8, 4) is 0 Å². The Bertz CT molecular complexity index is 783. The normalized spacial score (nSPS) is 12.1. The molecule has 136 valence electrons. The first-order valence-corrected chi connectivity index (χ1v) is 9.52. The van der Waals surface area contributed by atoms with E-state index in [1.54, 1.807) is 0 Å². The quantitative estimate of drug-likeness (QED) is 0.759. The maximum absolute atomic E-state index is 14.0. The Labute approximate surface area is 153 Å². The molecule has 0 saturated carbocycles. The standard InChI is InChI=1S/C17H21ClFN3O2S/c1-21(13-15-16(18)8-5-9-17(15)19)25(23,24)22(11-10-20)12-14-6-3-2-4-7-14/h2-9H,10-13,20H2,1H3. The van der Waals surface area contributed by atoms with Gasteiger partial charge in [-0.2, -0.15) is 17.0 Å². The predicted molar refractivity (Wildman–Crippen MR) is 97.7 cm³/mol. The molecule has 0 aliphatic rings. The van der Waals surface area contributed by atoms with Gasteiger partial charge in [0.15, 0.2) is 0 Å². The molecule has 8 heteroatoms. The fourth-order valence-corrected chi connectivity index (χ4v) is 3.95. The molecule has 5 nitrogen and oxygen atoms in total. The number of hydrogen-bond acceptors (Lipinski definition) is 3. The minimum Gasteiger partial charge on any atom is -0.329 e. The Balaban J connectivity index is 2.23. The summed E-state index contributed by atoms with van der Waals surface area (Å²) in [6.07, 6.45) is 0. The summed E-state index contributed by atoms with van der Waals surface area (Å²) in [5, 5.41) is 0.190. The van der Waals surface area contributed by atoms with E-state index in [1.807, 2.05) is 30.3 Å². The summed E-state index contributed by atoms with van der Waals surface area (Å²) in [5.41, 5.74) is 6.56. The van der Waals surface area contributed by atoms with Crippen LogP contribution in [0.2, 0.25) is 5.02 Å². The van der Waals surface area contributed by atoms with Gasteiger partial charge in [0.25, 0.3) is 10.2 Å². The van der Waals surface area contributed by atoms with E-state index in [9.17, 15) is 12.8 Å². The summed E-state index contributed by atoms with van der Waals surface area (Å²) < 4.78 is 42.1. The highest BCUT2D eigenvalue weighted by molar-refractivity contribution is 7.86. The molecule has 0 amide bonds. The Hall–Kier alpha value is -1.51. The van der Waals surface area contributed by atoms with Crippen LogP contribution in [0.15, 0.2) is 48.5 Å². The fourth-order valence-electron chi connectivity index (χ4n) is 2.39. The van der Waals surface area contributed by atoms with Gasteiger partial charge < -0.3 is 5.73 Å². The smallest absolute Gasteiger partial charge is 0.282 e. The molecule has 0 unspecified atom stereocenters. The van der Waals surface area contributed by atoms with Gasteiger partial charge in [-0.3, -0.25) is 0 Å². The van der Waals surface area contributed by atoms with Gasteiger partial charge in [-0.05, 0) is 17.7 Å². The average Bonchev–Trinajstić information content (AvgIpc) is 2.58. The first-order valence-electron chi connectivity index (χ1n) is 7.74. The van der Waals surface area contributed by atoms with Crippen LogP contribution in [-0.4, -0.2) is 37.2 Å². The summed E-state index contributed by atoms with van der Waals surface area (Å²) in [6, 6.07) is 13.5. The molecule has 2 aromatic rings. The van der Waals surface area contributed by atoms with Crippen molar-refractivity contribution >= 4 is 21.8 Å². The zero-order valence-electron chi connectivity index (χ0n) is 13.9. The van der Waals surface area contributed by atoms with E-state index in [2.05, 4.69) is 0 Å². The summed E-state index contributed by atoms with van der Waals surface area (Å²) in [4.78, 5) is 0. The van der Waals surface area contributed by atoms with E-state index in [0.717, 1.165) is 9.87 Å². The summed E-state index contributed by atoms with van der Waals surface area (Å²) in [7, 11) is -2.44. The Morgan fingerprint density at radius 2 is 1.76 bits per heavy atom. The monoisotopic (exact) mass is 385 g/mol. The lowest BCUT2D eigenvalue weighted by Gasteiger charge is -2.27. The zero-order chi connectivity index (χ0) is 18.4. The molecule has 0 atom stereocenters. The lowest BCUT2D eigenvalue weighted by atomic mass is 10.2. The van der Waals surface area contributed by atoms with Crippen molar-refractivity contribution in [3.63, 3.8) is 0 Å². The van der Waals surface area contributed by atoms with E-state index >= 15 is 0 Å². The molecule has 25 heavy (non-hydrogen) atoms. The third kappa shape index (κ3) is 4.99. The topological polar surface area (TPSA) is 66.6 Å². The molecule has 0 saturated heterocycles. The number of benzene rings is 2. The van der Waals surface area contributed by atoms with E-state index < -0.39 is 16.0 Å². The molecule has 0 bridgehead atoms. The van der Waals surface area contributed by atoms with Gasteiger partial charge in [-0.25, -0.2) is 4.39 Å². The average molecular weight is 386 g/mol. The first kappa shape index (κ1) is 19.8. The molecule has 2 aromatic carbocycles. The van der Waals surface area contributed by atoms with Crippen molar-refractivity contribution in [2.45, 2.75) is 13.1 Å². The second-order valence-electron chi connectivity index (χ2n) is 5.57. The minimum absolute atomic E-state index is 0.141. The highest BCUT2D eigenvalue weighted by atomic mass is 35.5. The van der Waals surface area contributed by atoms with Gasteiger partial charge in [0.05, 0.1) is 0 Å². The lowest BCUT2D eigenvalue weighted by Crippen LogP contribution is -2.43. The molecule has 0 fully saturated rings. The van der Waals surface area contributed by atoms with Gasteiger partial charge in [0.1, 0.15) is 5.82 Å². The Morgan fingerprint density at radius 3 is 2.36 bits per heavy atom. The second kappa shape index (κ2) is 8.73. The Morgan fingerprint density at radius 1 is 1.08 bits per heavy atom. The zero-order valence-corrected chi connectivity index (χ0v) is 15.5. The van der Waals surface area contributed by atoms with Crippen LogP contribution < -0.4 is 5.73 Å². The fraction of sp³-hybridized carbons (Fsp3) is 0.294. The maximum Gasteiger partial charge on any atom is 0.282 e. The van der Waals surface area contributed by atoms with E-state index in [-0.39, 0.29) is 36.8 Å². The van der Waals surface area contributed by atoms with Gasteiger partial charge >= 0.3 is 0 Å². The summed E-state index contributed by atoms with van der Waals surface area (Å²) in [5.74, 6) is -0.539. The van der Waals surface area contributed by atoms with Gasteiger partial charge in [0, 0.05) is 43.8 Å². The van der Waals surface area contributed by atoms with E-state index in [1.165, 1.54) is 29.6 Å². The molecule has 2 rings (SSSR count). The van der Waals surface area contributed by atoms with E-state index in [4.69, 9.17) is 17.3 Å². The second-order valence-corrected chi connectivity index (χ2v) is 8.01. The van der Waals surface area contributed by atoms with Crippen LogP contribution in [0.25, 0.3) is 0 Å². The van der Waals surface area contributed by atoms with Crippen LogP contribution in [0.1, 0.15) is 11.1 Å². The van der Waals surface area contributed by atoms with Crippen molar-refractivity contribution in [2.24, 2.45) is 5.73 Å². The van der Waals surface area contributed by atoms with Gasteiger partial charge in [-0.15, -0.1) is 0 Å². The number of hydrogen-bond donors (Lipinski definition) is 1. The molecule has 0 heterocycles. The summed E-state index contributed by atoms with van der Waals surface area (Å²) >= 11 is 6.00. The van der Waals surface area contributed by atoms with Crippen LogP contribution in [0.4, 0.5) is 4.39 Å².